The first-order valence-electron chi connectivity index (χ1n) is 5.65. The Morgan fingerprint density at radius 1 is 1.40 bits per heavy atom. The van der Waals surface area contributed by atoms with Crippen LogP contribution in [0.2, 0.25) is 0 Å². The van der Waals surface area contributed by atoms with Crippen molar-refractivity contribution < 1.29 is 4.74 Å². The van der Waals surface area contributed by atoms with E-state index in [0.717, 1.165) is 44.0 Å². The maximum atomic E-state index is 5.42. The van der Waals surface area contributed by atoms with E-state index in [2.05, 4.69) is 16.9 Å². The molecule has 3 heteroatoms. The van der Waals surface area contributed by atoms with Crippen molar-refractivity contribution in [2.24, 2.45) is 0 Å². The molecule has 1 aliphatic rings. The van der Waals surface area contributed by atoms with Crippen LogP contribution in [0.1, 0.15) is 37.7 Å². The molecule has 15 heavy (non-hydrogen) atoms. The number of rotatable bonds is 2. The summed E-state index contributed by atoms with van der Waals surface area (Å²) in [5.41, 5.74) is 1.21. The van der Waals surface area contributed by atoms with Gasteiger partial charge in [0.1, 0.15) is 5.82 Å². The van der Waals surface area contributed by atoms with Gasteiger partial charge >= 0.3 is 0 Å². The van der Waals surface area contributed by atoms with Crippen molar-refractivity contribution in [1.29, 1.82) is 0 Å². The molecule has 0 bridgehead atoms. The molecule has 0 aromatic carbocycles. The van der Waals surface area contributed by atoms with Crippen LogP contribution in [-0.2, 0) is 10.2 Å². The molecular weight excluding hydrogens is 188 g/mol. The third kappa shape index (κ3) is 2.02. The van der Waals surface area contributed by atoms with Crippen LogP contribution in [-0.4, -0.2) is 23.2 Å². The molecule has 0 saturated carbocycles. The van der Waals surface area contributed by atoms with Gasteiger partial charge in [0.2, 0.25) is 0 Å². The molecule has 0 spiro atoms. The molecule has 0 radical (unpaired) electrons. The van der Waals surface area contributed by atoms with E-state index in [4.69, 9.17) is 4.74 Å². The minimum atomic E-state index is 0.157. The fourth-order valence-electron chi connectivity index (χ4n) is 2.20. The molecule has 1 aromatic rings. The minimum absolute atomic E-state index is 0.157. The molecule has 1 aliphatic heterocycles. The first-order valence-corrected chi connectivity index (χ1v) is 5.65. The Kier molecular flexibility index (Phi) is 3.00. The van der Waals surface area contributed by atoms with Crippen LogP contribution < -0.4 is 0 Å². The van der Waals surface area contributed by atoms with Gasteiger partial charge in [0, 0.05) is 30.5 Å². The number of hydrogen-bond donors (Lipinski definition) is 0. The molecule has 0 N–H and O–H groups in total. The van der Waals surface area contributed by atoms with Gasteiger partial charge in [-0.15, -0.1) is 0 Å². The summed E-state index contributed by atoms with van der Waals surface area (Å²) in [6, 6.07) is 1.95. The summed E-state index contributed by atoms with van der Waals surface area (Å²) in [6.07, 6.45) is 5.06. The van der Waals surface area contributed by atoms with Gasteiger partial charge < -0.3 is 4.74 Å². The molecular formula is C12H18N2O. The van der Waals surface area contributed by atoms with Gasteiger partial charge in [0.25, 0.3) is 0 Å². The zero-order chi connectivity index (χ0) is 10.7. The topological polar surface area (TPSA) is 35.0 Å². The van der Waals surface area contributed by atoms with Gasteiger partial charge in [-0.3, -0.25) is 0 Å². The summed E-state index contributed by atoms with van der Waals surface area (Å²) in [5, 5.41) is 0. The predicted molar refractivity (Wildman–Crippen MR) is 58.8 cm³/mol. The second-order valence-electron chi connectivity index (χ2n) is 4.27. The van der Waals surface area contributed by atoms with Crippen molar-refractivity contribution in [2.45, 2.75) is 38.5 Å². The second-order valence-corrected chi connectivity index (χ2v) is 4.27. The van der Waals surface area contributed by atoms with Crippen molar-refractivity contribution in [3.8, 4) is 0 Å². The molecule has 2 heterocycles. The van der Waals surface area contributed by atoms with Gasteiger partial charge in [0.15, 0.2) is 0 Å². The highest BCUT2D eigenvalue weighted by atomic mass is 16.5. The standard InChI is InChI=1S/C12H18N2O/c1-3-12(5-8-15-9-6-12)11-13-7-4-10(2)14-11/h4,7H,3,5-6,8-9H2,1-2H3. The Hall–Kier alpha value is -0.960. The summed E-state index contributed by atoms with van der Waals surface area (Å²) < 4.78 is 5.42. The Balaban J connectivity index is 2.32. The SMILES string of the molecule is CCC1(c2nccc(C)n2)CCOCC1. The fourth-order valence-corrected chi connectivity index (χ4v) is 2.20. The Morgan fingerprint density at radius 2 is 2.13 bits per heavy atom. The van der Waals surface area contributed by atoms with E-state index in [1.165, 1.54) is 0 Å². The average molecular weight is 206 g/mol. The third-order valence-electron chi connectivity index (χ3n) is 3.40. The minimum Gasteiger partial charge on any atom is -0.381 e. The van der Waals surface area contributed by atoms with Crippen molar-refractivity contribution >= 4 is 0 Å². The highest BCUT2D eigenvalue weighted by Gasteiger charge is 2.35. The summed E-state index contributed by atoms with van der Waals surface area (Å²) in [6.45, 7) is 5.92. The normalized spacial score (nSPS) is 20.1. The summed E-state index contributed by atoms with van der Waals surface area (Å²) in [5.74, 6) is 1.01. The molecule has 2 rings (SSSR count). The molecule has 0 unspecified atom stereocenters. The van der Waals surface area contributed by atoms with Crippen molar-refractivity contribution in [3.05, 3.63) is 23.8 Å². The predicted octanol–water partition coefficient (Wildman–Crippen LogP) is 2.24. The van der Waals surface area contributed by atoms with Crippen molar-refractivity contribution in [2.75, 3.05) is 13.2 Å². The van der Waals surface area contributed by atoms with Crippen LogP contribution in [0.3, 0.4) is 0 Å². The zero-order valence-electron chi connectivity index (χ0n) is 9.49. The largest absolute Gasteiger partial charge is 0.381 e. The monoisotopic (exact) mass is 206 g/mol. The van der Waals surface area contributed by atoms with Crippen LogP contribution in [0.25, 0.3) is 0 Å². The van der Waals surface area contributed by atoms with Crippen LogP contribution >= 0.6 is 0 Å². The van der Waals surface area contributed by atoms with Crippen LogP contribution in [0.5, 0.6) is 0 Å². The molecule has 1 fully saturated rings. The number of aryl methyl sites for hydroxylation is 1. The Bertz CT molecular complexity index is 332. The Morgan fingerprint density at radius 3 is 2.73 bits per heavy atom. The second kappa shape index (κ2) is 4.27. The lowest BCUT2D eigenvalue weighted by molar-refractivity contribution is 0.0453. The van der Waals surface area contributed by atoms with Gasteiger partial charge in [0.05, 0.1) is 0 Å². The quantitative estimate of drug-likeness (QED) is 0.744. The van der Waals surface area contributed by atoms with Crippen LogP contribution in [0, 0.1) is 6.92 Å². The molecule has 1 saturated heterocycles. The first kappa shape index (κ1) is 10.6. The molecule has 0 atom stereocenters. The van der Waals surface area contributed by atoms with Gasteiger partial charge in [-0.05, 0) is 32.3 Å². The fraction of sp³-hybridized carbons (Fsp3) is 0.667. The van der Waals surface area contributed by atoms with Gasteiger partial charge in [-0.25, -0.2) is 9.97 Å². The Labute approximate surface area is 90.9 Å². The first-order chi connectivity index (χ1) is 7.27. The van der Waals surface area contributed by atoms with E-state index in [-0.39, 0.29) is 5.41 Å². The lowest BCUT2D eigenvalue weighted by Gasteiger charge is -2.34. The van der Waals surface area contributed by atoms with Crippen molar-refractivity contribution in [3.63, 3.8) is 0 Å². The van der Waals surface area contributed by atoms with Crippen LogP contribution in [0.4, 0.5) is 0 Å². The number of aromatic nitrogens is 2. The third-order valence-corrected chi connectivity index (χ3v) is 3.40. The van der Waals surface area contributed by atoms with Crippen LogP contribution in [0.15, 0.2) is 12.3 Å². The maximum absolute atomic E-state index is 5.42. The maximum Gasteiger partial charge on any atom is 0.134 e. The molecule has 0 amide bonds. The van der Waals surface area contributed by atoms with E-state index in [1.807, 2.05) is 19.2 Å². The zero-order valence-corrected chi connectivity index (χ0v) is 9.49. The average Bonchev–Trinajstić information content (AvgIpc) is 2.30. The van der Waals surface area contributed by atoms with Gasteiger partial charge in [-0.1, -0.05) is 6.92 Å². The lowest BCUT2D eigenvalue weighted by atomic mass is 9.77. The smallest absolute Gasteiger partial charge is 0.134 e. The molecule has 82 valence electrons. The summed E-state index contributed by atoms with van der Waals surface area (Å²) >= 11 is 0. The number of ether oxygens (including phenoxy) is 1. The molecule has 0 aliphatic carbocycles. The van der Waals surface area contributed by atoms with E-state index in [1.54, 1.807) is 0 Å². The summed E-state index contributed by atoms with van der Waals surface area (Å²) in [7, 11) is 0. The highest BCUT2D eigenvalue weighted by molar-refractivity contribution is 5.11. The molecule has 3 nitrogen and oxygen atoms in total. The molecule has 1 aromatic heterocycles. The van der Waals surface area contributed by atoms with Crippen molar-refractivity contribution in [1.82, 2.24) is 9.97 Å². The summed E-state index contributed by atoms with van der Waals surface area (Å²) in [4.78, 5) is 9.01. The van der Waals surface area contributed by atoms with E-state index >= 15 is 0 Å². The highest BCUT2D eigenvalue weighted by Crippen LogP contribution is 2.35. The lowest BCUT2D eigenvalue weighted by Crippen LogP contribution is -2.35. The number of hydrogen-bond acceptors (Lipinski definition) is 3. The van der Waals surface area contributed by atoms with E-state index < -0.39 is 0 Å². The number of nitrogens with zero attached hydrogens (tertiary/aromatic N) is 2. The van der Waals surface area contributed by atoms with E-state index in [0.29, 0.717) is 0 Å². The van der Waals surface area contributed by atoms with Gasteiger partial charge in [-0.2, -0.15) is 0 Å². The van der Waals surface area contributed by atoms with E-state index in [9.17, 15) is 0 Å².